The zero-order valence-corrected chi connectivity index (χ0v) is 20.6. The van der Waals surface area contributed by atoms with Crippen LogP contribution < -0.4 is 4.90 Å². The summed E-state index contributed by atoms with van der Waals surface area (Å²) < 4.78 is 11.0. The Hall–Kier alpha value is -1.88. The summed E-state index contributed by atoms with van der Waals surface area (Å²) in [5, 5.41) is 9.88. The van der Waals surface area contributed by atoms with E-state index in [1.54, 1.807) is 11.8 Å². The summed E-state index contributed by atoms with van der Waals surface area (Å²) in [5.41, 5.74) is 0.372. The second-order valence-electron chi connectivity index (χ2n) is 9.90. The number of methoxy groups -OCH3 is 1. The molecule has 176 valence electrons. The molecule has 0 spiro atoms. The number of nitrogens with zero attached hydrogens (tertiary/aromatic N) is 1. The summed E-state index contributed by atoms with van der Waals surface area (Å²) in [7, 11) is 1.35. The van der Waals surface area contributed by atoms with Crippen molar-refractivity contribution in [1.82, 2.24) is 0 Å². The van der Waals surface area contributed by atoms with Crippen LogP contribution in [-0.2, 0) is 14.3 Å². The second-order valence-corrected chi connectivity index (χ2v) is 10.9. The van der Waals surface area contributed by atoms with Crippen molar-refractivity contribution in [2.45, 2.75) is 84.5 Å². The predicted molar refractivity (Wildman–Crippen MR) is 126 cm³/mol. The van der Waals surface area contributed by atoms with E-state index in [0.717, 1.165) is 30.6 Å². The molecule has 7 heteroatoms. The predicted octanol–water partition coefficient (Wildman–Crippen LogP) is 4.38. The summed E-state index contributed by atoms with van der Waals surface area (Å²) in [6, 6.07) is 1.70. The molecule has 1 saturated carbocycles. The van der Waals surface area contributed by atoms with Gasteiger partial charge in [0.2, 0.25) is 0 Å². The van der Waals surface area contributed by atoms with Gasteiger partial charge in [-0.2, -0.15) is 0 Å². The molecular weight excluding hydrogens is 426 g/mol. The van der Waals surface area contributed by atoms with Gasteiger partial charge in [-0.25, -0.2) is 4.79 Å². The second kappa shape index (κ2) is 10.4. The number of hydrogen-bond acceptors (Lipinski definition) is 6. The van der Waals surface area contributed by atoms with E-state index in [0.29, 0.717) is 23.1 Å². The Bertz CT molecular complexity index is 882. The Morgan fingerprint density at radius 2 is 2.03 bits per heavy atom. The van der Waals surface area contributed by atoms with E-state index in [4.69, 9.17) is 9.47 Å². The number of aliphatic hydroxyl groups is 1. The van der Waals surface area contributed by atoms with Gasteiger partial charge in [0, 0.05) is 11.8 Å². The number of carbonyl (C=O) groups excluding carboxylic acids is 2. The fourth-order valence-electron chi connectivity index (χ4n) is 4.43. The van der Waals surface area contributed by atoms with Gasteiger partial charge in [-0.15, -0.1) is 11.3 Å². The van der Waals surface area contributed by atoms with Gasteiger partial charge in [0.05, 0.1) is 36.4 Å². The van der Waals surface area contributed by atoms with Crippen LogP contribution in [0.15, 0.2) is 6.07 Å². The lowest BCUT2D eigenvalue weighted by atomic mass is 9.82. The molecule has 2 fully saturated rings. The van der Waals surface area contributed by atoms with Gasteiger partial charge in [0.25, 0.3) is 5.91 Å². The minimum atomic E-state index is -0.732. The number of aliphatic hydroxyl groups excluding tert-OH is 1. The van der Waals surface area contributed by atoms with Crippen LogP contribution in [0.2, 0.25) is 0 Å². The number of carbonyl (C=O) groups is 2. The average molecular weight is 462 g/mol. The first-order valence-corrected chi connectivity index (χ1v) is 12.3. The fourth-order valence-corrected chi connectivity index (χ4v) is 5.35. The van der Waals surface area contributed by atoms with Crippen LogP contribution in [0, 0.1) is 23.2 Å². The van der Waals surface area contributed by atoms with Crippen LogP contribution in [0.3, 0.4) is 0 Å². The van der Waals surface area contributed by atoms with E-state index in [1.807, 2.05) is 26.8 Å². The largest absolute Gasteiger partial charge is 0.465 e. The van der Waals surface area contributed by atoms with E-state index in [9.17, 15) is 14.7 Å². The van der Waals surface area contributed by atoms with Gasteiger partial charge >= 0.3 is 5.97 Å². The lowest BCUT2D eigenvalue weighted by Gasteiger charge is -2.44. The lowest BCUT2D eigenvalue weighted by molar-refractivity contribution is -0.139. The van der Waals surface area contributed by atoms with Crippen LogP contribution in [0.5, 0.6) is 0 Å². The normalized spacial score (nSPS) is 23.4. The molecule has 1 aliphatic carbocycles. The molecule has 2 aliphatic rings. The smallest absolute Gasteiger partial charge is 0.350 e. The number of hydrogen-bond donors (Lipinski definition) is 1. The van der Waals surface area contributed by atoms with Crippen LogP contribution in [-0.4, -0.2) is 48.9 Å². The van der Waals surface area contributed by atoms with E-state index in [2.05, 4.69) is 11.8 Å². The first kappa shape index (κ1) is 24.8. The Kier molecular flexibility index (Phi) is 8.02. The van der Waals surface area contributed by atoms with Crippen LogP contribution in [0.25, 0.3) is 0 Å². The van der Waals surface area contributed by atoms with Gasteiger partial charge in [-0.05, 0) is 52.5 Å². The molecule has 1 aromatic heterocycles. The molecule has 1 saturated heterocycles. The summed E-state index contributed by atoms with van der Waals surface area (Å²) in [5.74, 6) is 6.02. The minimum Gasteiger partial charge on any atom is -0.465 e. The molecule has 0 aromatic carbocycles. The molecule has 1 N–H and O–H groups in total. The number of ether oxygens (including phenoxy) is 2. The fraction of sp³-hybridized carbons (Fsp3) is 0.680. The minimum absolute atomic E-state index is 0.144. The molecule has 3 unspecified atom stereocenters. The first-order valence-electron chi connectivity index (χ1n) is 11.5. The first-order chi connectivity index (χ1) is 15.1. The molecule has 0 radical (unpaired) electrons. The third-order valence-electron chi connectivity index (χ3n) is 5.97. The highest BCUT2D eigenvalue weighted by Gasteiger charge is 2.43. The molecule has 1 amide bonds. The Labute approximate surface area is 195 Å². The SMILES string of the molecule is COC(=O)c1sc(C#CC(C)(C)C)cc1N1C(=O)C(CC(C)O)OCC1C1CCCCC1. The van der Waals surface area contributed by atoms with E-state index in [-0.39, 0.29) is 23.8 Å². The van der Waals surface area contributed by atoms with Crippen molar-refractivity contribution in [2.24, 2.45) is 11.3 Å². The maximum absolute atomic E-state index is 13.6. The van der Waals surface area contributed by atoms with Crippen molar-refractivity contribution in [3.05, 3.63) is 15.8 Å². The zero-order valence-electron chi connectivity index (χ0n) is 19.8. The molecule has 1 aliphatic heterocycles. The molecular formula is C25H35NO5S. The van der Waals surface area contributed by atoms with Crippen molar-refractivity contribution >= 4 is 28.9 Å². The quantitative estimate of drug-likeness (QED) is 0.520. The third-order valence-corrected chi connectivity index (χ3v) is 6.99. The number of thiophene rings is 1. The van der Waals surface area contributed by atoms with Gasteiger partial charge in [-0.3, -0.25) is 4.79 Å². The van der Waals surface area contributed by atoms with Gasteiger partial charge in [0.15, 0.2) is 0 Å². The van der Waals surface area contributed by atoms with Gasteiger partial charge < -0.3 is 19.5 Å². The summed E-state index contributed by atoms with van der Waals surface area (Å²) in [6.07, 6.45) is 4.38. The Morgan fingerprint density at radius 3 is 2.62 bits per heavy atom. The summed E-state index contributed by atoms with van der Waals surface area (Å²) >= 11 is 1.26. The number of esters is 1. The topological polar surface area (TPSA) is 76.1 Å². The van der Waals surface area contributed by atoms with Crippen LogP contribution in [0.4, 0.5) is 5.69 Å². The van der Waals surface area contributed by atoms with Crippen molar-refractivity contribution in [3.63, 3.8) is 0 Å². The van der Waals surface area contributed by atoms with Crippen LogP contribution >= 0.6 is 11.3 Å². The number of anilines is 1. The Balaban J connectivity index is 2.06. The number of morpholine rings is 1. The highest BCUT2D eigenvalue weighted by atomic mass is 32.1. The molecule has 3 rings (SSSR count). The molecule has 1 aromatic rings. The maximum atomic E-state index is 13.6. The highest BCUT2D eigenvalue weighted by molar-refractivity contribution is 7.15. The monoisotopic (exact) mass is 461 g/mol. The summed E-state index contributed by atoms with van der Waals surface area (Å²) in [6.45, 7) is 8.13. The lowest BCUT2D eigenvalue weighted by Crippen LogP contribution is -2.57. The maximum Gasteiger partial charge on any atom is 0.350 e. The van der Waals surface area contributed by atoms with Crippen molar-refractivity contribution < 1.29 is 24.2 Å². The molecule has 3 atom stereocenters. The van der Waals surface area contributed by atoms with E-state index in [1.165, 1.54) is 24.9 Å². The average Bonchev–Trinajstić information content (AvgIpc) is 3.17. The highest BCUT2D eigenvalue weighted by Crippen LogP contribution is 2.39. The zero-order chi connectivity index (χ0) is 23.5. The van der Waals surface area contributed by atoms with Crippen molar-refractivity contribution in [2.75, 3.05) is 18.6 Å². The van der Waals surface area contributed by atoms with Crippen molar-refractivity contribution in [3.8, 4) is 11.8 Å². The van der Waals surface area contributed by atoms with Crippen molar-refractivity contribution in [1.29, 1.82) is 0 Å². The number of rotatable bonds is 5. The standard InChI is InChI=1S/C25H35NO5S/c1-16(27)13-21-23(28)26(20(15-31-21)17-9-7-6-8-10-17)19-14-18(11-12-25(2,3)4)32-22(19)24(29)30-5/h14,16-17,20-21,27H,6-10,13,15H2,1-5H3. The van der Waals surface area contributed by atoms with E-state index < -0.39 is 18.2 Å². The molecule has 6 nitrogen and oxygen atoms in total. The summed E-state index contributed by atoms with van der Waals surface area (Å²) in [4.78, 5) is 29.2. The molecule has 32 heavy (non-hydrogen) atoms. The van der Waals surface area contributed by atoms with Gasteiger partial charge in [-0.1, -0.05) is 31.1 Å². The van der Waals surface area contributed by atoms with Gasteiger partial charge in [0.1, 0.15) is 11.0 Å². The molecule has 0 bridgehead atoms. The molecule has 2 heterocycles. The van der Waals surface area contributed by atoms with E-state index >= 15 is 0 Å². The Morgan fingerprint density at radius 1 is 1.34 bits per heavy atom. The number of amides is 1. The third kappa shape index (κ3) is 5.92. The van der Waals surface area contributed by atoms with Crippen LogP contribution in [0.1, 0.15) is 80.8 Å².